The molecule has 1 aliphatic heterocycles. The molecule has 1 aromatic heterocycles. The first-order valence-corrected chi connectivity index (χ1v) is 7.80. The van der Waals surface area contributed by atoms with Crippen LogP contribution >= 0.6 is 0 Å². The van der Waals surface area contributed by atoms with Gasteiger partial charge in [0.05, 0.1) is 0 Å². The summed E-state index contributed by atoms with van der Waals surface area (Å²) in [6, 6.07) is 0.344. The third kappa shape index (κ3) is 3.81. The highest BCUT2D eigenvalue weighted by molar-refractivity contribution is 5.03. The van der Waals surface area contributed by atoms with E-state index in [1.54, 1.807) is 7.11 Å². The SMILES string of the molecule is CCNC(Cc1nc(C2(OC)CCOCC2)no1)C(C)C. The Morgan fingerprint density at radius 1 is 1.33 bits per heavy atom. The molecule has 6 heteroatoms. The first kappa shape index (κ1) is 16.4. The Hall–Kier alpha value is -0.980. The quantitative estimate of drug-likeness (QED) is 0.829. The summed E-state index contributed by atoms with van der Waals surface area (Å²) in [5.74, 6) is 1.84. The Bertz CT molecular complexity index is 428. The lowest BCUT2D eigenvalue weighted by atomic mass is 9.93. The van der Waals surface area contributed by atoms with Crippen molar-refractivity contribution in [3.05, 3.63) is 11.7 Å². The predicted molar refractivity (Wildman–Crippen MR) is 79.0 cm³/mol. The van der Waals surface area contributed by atoms with Crippen LogP contribution in [0.15, 0.2) is 4.52 Å². The topological polar surface area (TPSA) is 69.4 Å². The Morgan fingerprint density at radius 2 is 2.05 bits per heavy atom. The number of hydrogen-bond donors (Lipinski definition) is 1. The van der Waals surface area contributed by atoms with Crippen LogP contribution in [0.1, 0.15) is 45.3 Å². The van der Waals surface area contributed by atoms with Gasteiger partial charge in [0.15, 0.2) is 0 Å². The summed E-state index contributed by atoms with van der Waals surface area (Å²) in [7, 11) is 1.71. The molecule has 2 rings (SSSR count). The number of hydrogen-bond acceptors (Lipinski definition) is 6. The Labute approximate surface area is 126 Å². The average molecular weight is 297 g/mol. The smallest absolute Gasteiger partial charge is 0.228 e. The van der Waals surface area contributed by atoms with Gasteiger partial charge < -0.3 is 19.3 Å². The number of nitrogens with zero attached hydrogens (tertiary/aromatic N) is 2. The molecule has 0 aliphatic carbocycles. The van der Waals surface area contributed by atoms with Crippen LogP contribution in [0.2, 0.25) is 0 Å². The highest BCUT2D eigenvalue weighted by atomic mass is 16.5. The zero-order valence-electron chi connectivity index (χ0n) is 13.5. The van der Waals surface area contributed by atoms with Gasteiger partial charge in [-0.2, -0.15) is 4.98 Å². The molecule has 0 aromatic carbocycles. The molecule has 1 saturated heterocycles. The summed E-state index contributed by atoms with van der Waals surface area (Å²) in [6.45, 7) is 8.77. The maximum absolute atomic E-state index is 5.70. The van der Waals surface area contributed by atoms with Crippen LogP contribution in [-0.2, 0) is 21.5 Å². The van der Waals surface area contributed by atoms with Crippen molar-refractivity contribution in [3.63, 3.8) is 0 Å². The Kier molecular flexibility index (Phi) is 5.72. The standard InChI is InChI=1S/C15H27N3O3/c1-5-16-12(11(2)3)10-13-17-14(18-21-13)15(19-4)6-8-20-9-7-15/h11-12,16H,5-10H2,1-4H3. The van der Waals surface area contributed by atoms with E-state index in [0.717, 1.165) is 25.8 Å². The normalized spacial score (nSPS) is 19.9. The van der Waals surface area contributed by atoms with E-state index in [9.17, 15) is 0 Å². The summed E-state index contributed by atoms with van der Waals surface area (Å²) in [4.78, 5) is 4.58. The minimum absolute atomic E-state index is 0.344. The average Bonchev–Trinajstić information content (AvgIpc) is 2.96. The van der Waals surface area contributed by atoms with Gasteiger partial charge in [-0.3, -0.25) is 0 Å². The van der Waals surface area contributed by atoms with Gasteiger partial charge in [-0.15, -0.1) is 0 Å². The fraction of sp³-hybridized carbons (Fsp3) is 0.867. The first-order chi connectivity index (χ1) is 10.1. The molecule has 120 valence electrons. The van der Waals surface area contributed by atoms with Crippen molar-refractivity contribution in [2.24, 2.45) is 5.92 Å². The number of ether oxygens (including phenoxy) is 2. The summed E-state index contributed by atoms with van der Waals surface area (Å²) in [5, 5.41) is 7.62. The molecule has 2 heterocycles. The zero-order valence-corrected chi connectivity index (χ0v) is 13.5. The molecule has 1 N–H and O–H groups in total. The lowest BCUT2D eigenvalue weighted by Crippen LogP contribution is -2.37. The molecule has 6 nitrogen and oxygen atoms in total. The van der Waals surface area contributed by atoms with Gasteiger partial charge in [0.1, 0.15) is 5.60 Å². The molecule has 1 aromatic rings. The van der Waals surface area contributed by atoms with Crippen molar-refractivity contribution in [3.8, 4) is 0 Å². The van der Waals surface area contributed by atoms with Gasteiger partial charge in [0.25, 0.3) is 0 Å². The van der Waals surface area contributed by atoms with Crippen molar-refractivity contribution in [1.82, 2.24) is 15.5 Å². The molecule has 0 amide bonds. The van der Waals surface area contributed by atoms with Crippen molar-refractivity contribution >= 4 is 0 Å². The minimum atomic E-state index is -0.453. The third-order valence-electron chi connectivity index (χ3n) is 4.23. The highest BCUT2D eigenvalue weighted by Gasteiger charge is 2.39. The molecule has 1 fully saturated rings. The van der Waals surface area contributed by atoms with Crippen LogP contribution in [0.5, 0.6) is 0 Å². The fourth-order valence-electron chi connectivity index (χ4n) is 2.74. The van der Waals surface area contributed by atoms with Gasteiger partial charge in [-0.25, -0.2) is 0 Å². The van der Waals surface area contributed by atoms with E-state index >= 15 is 0 Å². The van der Waals surface area contributed by atoms with E-state index in [0.29, 0.717) is 36.9 Å². The maximum Gasteiger partial charge on any atom is 0.228 e. The molecule has 1 atom stereocenters. The van der Waals surface area contributed by atoms with Gasteiger partial charge >= 0.3 is 0 Å². The van der Waals surface area contributed by atoms with Crippen LogP contribution in [0.3, 0.4) is 0 Å². The number of methoxy groups -OCH3 is 1. The van der Waals surface area contributed by atoms with E-state index in [-0.39, 0.29) is 0 Å². The second kappa shape index (κ2) is 7.33. The Balaban J connectivity index is 2.09. The number of rotatable bonds is 7. The van der Waals surface area contributed by atoms with Gasteiger partial charge in [-0.05, 0) is 12.5 Å². The maximum atomic E-state index is 5.70. The van der Waals surface area contributed by atoms with E-state index in [2.05, 4.69) is 36.2 Å². The number of likely N-dealkylation sites (N-methyl/N-ethyl adjacent to an activating group) is 1. The van der Waals surface area contributed by atoms with E-state index < -0.39 is 5.60 Å². The van der Waals surface area contributed by atoms with Crippen LogP contribution in [0.4, 0.5) is 0 Å². The third-order valence-corrected chi connectivity index (χ3v) is 4.23. The fourth-order valence-corrected chi connectivity index (χ4v) is 2.74. The molecule has 0 saturated carbocycles. The van der Waals surface area contributed by atoms with Crippen LogP contribution in [0, 0.1) is 5.92 Å². The van der Waals surface area contributed by atoms with Crippen LogP contribution in [-0.4, -0.2) is 43.1 Å². The Morgan fingerprint density at radius 3 is 2.62 bits per heavy atom. The van der Waals surface area contributed by atoms with Crippen LogP contribution < -0.4 is 5.32 Å². The highest BCUT2D eigenvalue weighted by Crippen LogP contribution is 2.33. The van der Waals surface area contributed by atoms with Gasteiger partial charge in [0, 0.05) is 45.6 Å². The number of aromatic nitrogens is 2. The summed E-state index contributed by atoms with van der Waals surface area (Å²) >= 11 is 0. The van der Waals surface area contributed by atoms with Crippen molar-refractivity contribution in [2.75, 3.05) is 26.9 Å². The molecular formula is C15H27N3O3. The lowest BCUT2D eigenvalue weighted by Gasteiger charge is -2.32. The number of nitrogens with one attached hydrogen (secondary N) is 1. The molecule has 1 aliphatic rings. The van der Waals surface area contributed by atoms with Crippen LogP contribution in [0.25, 0.3) is 0 Å². The van der Waals surface area contributed by atoms with E-state index in [4.69, 9.17) is 14.0 Å². The second-order valence-electron chi connectivity index (χ2n) is 5.93. The van der Waals surface area contributed by atoms with Gasteiger partial charge in [0.2, 0.25) is 11.7 Å². The summed E-state index contributed by atoms with van der Waals surface area (Å²) in [6.07, 6.45) is 2.28. The van der Waals surface area contributed by atoms with Crippen molar-refractivity contribution in [1.29, 1.82) is 0 Å². The van der Waals surface area contributed by atoms with E-state index in [1.807, 2.05) is 0 Å². The van der Waals surface area contributed by atoms with Gasteiger partial charge in [-0.1, -0.05) is 25.9 Å². The first-order valence-electron chi connectivity index (χ1n) is 7.80. The second-order valence-corrected chi connectivity index (χ2v) is 5.93. The molecule has 21 heavy (non-hydrogen) atoms. The summed E-state index contributed by atoms with van der Waals surface area (Å²) < 4.78 is 16.6. The monoisotopic (exact) mass is 297 g/mol. The summed E-state index contributed by atoms with van der Waals surface area (Å²) in [5.41, 5.74) is -0.453. The van der Waals surface area contributed by atoms with Crippen molar-refractivity contribution < 1.29 is 14.0 Å². The lowest BCUT2D eigenvalue weighted by molar-refractivity contribution is -0.101. The molecule has 1 unspecified atom stereocenters. The van der Waals surface area contributed by atoms with E-state index in [1.165, 1.54) is 0 Å². The molecule has 0 radical (unpaired) electrons. The minimum Gasteiger partial charge on any atom is -0.381 e. The zero-order chi connectivity index (χ0) is 15.3. The molecule has 0 spiro atoms. The predicted octanol–water partition coefficient (Wildman–Crippen LogP) is 1.90. The van der Waals surface area contributed by atoms with Crippen molar-refractivity contribution in [2.45, 2.75) is 51.7 Å². The molecule has 0 bridgehead atoms. The largest absolute Gasteiger partial charge is 0.381 e. The molecular weight excluding hydrogens is 270 g/mol.